The van der Waals surface area contributed by atoms with E-state index >= 15 is 0 Å². The van der Waals surface area contributed by atoms with E-state index in [0.717, 1.165) is 0 Å². The lowest BCUT2D eigenvalue weighted by Crippen LogP contribution is -2.58. The predicted octanol–water partition coefficient (Wildman–Crippen LogP) is 1.00. The Morgan fingerprint density at radius 2 is 2.21 bits per heavy atom. The summed E-state index contributed by atoms with van der Waals surface area (Å²) in [6.07, 6.45) is -1.05. The zero-order valence-electron chi connectivity index (χ0n) is 13.6. The Kier molecular flexibility index (Phi) is 5.50. The van der Waals surface area contributed by atoms with Crippen LogP contribution in [0, 0.1) is 16.0 Å². The first-order chi connectivity index (χ1) is 11.3. The topological polar surface area (TPSA) is 113 Å². The monoisotopic (exact) mass is 335 g/mol. The fourth-order valence-corrected chi connectivity index (χ4v) is 2.77. The maximum absolute atomic E-state index is 12.6. The van der Waals surface area contributed by atoms with E-state index in [-0.39, 0.29) is 23.1 Å². The fourth-order valence-electron chi connectivity index (χ4n) is 2.77. The van der Waals surface area contributed by atoms with E-state index in [4.69, 9.17) is 0 Å². The van der Waals surface area contributed by atoms with Gasteiger partial charge in [0.2, 0.25) is 5.91 Å². The third-order valence-electron chi connectivity index (χ3n) is 3.94. The predicted molar refractivity (Wildman–Crippen MR) is 86.0 cm³/mol. The van der Waals surface area contributed by atoms with Crippen LogP contribution in [-0.2, 0) is 9.59 Å². The number of piperazine rings is 1. The summed E-state index contributed by atoms with van der Waals surface area (Å²) in [6.45, 7) is 4.51. The van der Waals surface area contributed by atoms with Gasteiger partial charge in [0.05, 0.1) is 4.92 Å². The van der Waals surface area contributed by atoms with E-state index in [9.17, 15) is 24.8 Å². The second-order valence-corrected chi connectivity index (χ2v) is 6.22. The number of nitrogens with one attached hydrogen (secondary N) is 1. The van der Waals surface area contributed by atoms with Crippen molar-refractivity contribution >= 4 is 17.5 Å². The summed E-state index contributed by atoms with van der Waals surface area (Å²) < 4.78 is 0. The van der Waals surface area contributed by atoms with Crippen molar-refractivity contribution in [3.63, 3.8) is 0 Å². The molecule has 2 amide bonds. The lowest BCUT2D eigenvalue weighted by Gasteiger charge is -2.37. The second-order valence-electron chi connectivity index (χ2n) is 6.22. The number of carbonyl (C=O) groups excluding carboxylic acids is 2. The average molecular weight is 335 g/mol. The third-order valence-corrected chi connectivity index (χ3v) is 3.94. The van der Waals surface area contributed by atoms with Gasteiger partial charge in [0, 0.05) is 25.2 Å². The maximum atomic E-state index is 12.6. The quantitative estimate of drug-likeness (QED) is 0.616. The summed E-state index contributed by atoms with van der Waals surface area (Å²) >= 11 is 0. The van der Waals surface area contributed by atoms with Gasteiger partial charge in [0.25, 0.3) is 11.6 Å². The molecule has 0 aliphatic carbocycles. The number of aliphatic hydroxyl groups is 1. The van der Waals surface area contributed by atoms with Crippen molar-refractivity contribution in [2.45, 2.75) is 32.4 Å². The Morgan fingerprint density at radius 3 is 2.83 bits per heavy atom. The summed E-state index contributed by atoms with van der Waals surface area (Å²) in [5.74, 6) is -0.658. The van der Waals surface area contributed by atoms with E-state index in [1.54, 1.807) is 0 Å². The van der Waals surface area contributed by atoms with Crippen LogP contribution in [0.3, 0.4) is 0 Å². The van der Waals surface area contributed by atoms with Crippen LogP contribution in [0.5, 0.6) is 0 Å². The molecule has 1 aromatic rings. The number of non-ortho nitro benzene ring substituents is 1. The minimum atomic E-state index is -1.54. The van der Waals surface area contributed by atoms with Crippen molar-refractivity contribution in [1.29, 1.82) is 0 Å². The van der Waals surface area contributed by atoms with E-state index < -0.39 is 23.0 Å². The van der Waals surface area contributed by atoms with Gasteiger partial charge in [-0.15, -0.1) is 0 Å². The van der Waals surface area contributed by atoms with Gasteiger partial charge < -0.3 is 15.3 Å². The lowest BCUT2D eigenvalue weighted by atomic mass is 9.98. The molecule has 1 aliphatic heterocycles. The number of hydrogen-bond donors (Lipinski definition) is 2. The zero-order valence-corrected chi connectivity index (χ0v) is 13.6. The highest BCUT2D eigenvalue weighted by atomic mass is 16.6. The zero-order chi connectivity index (χ0) is 17.9. The molecule has 0 spiro atoms. The molecule has 8 heteroatoms. The number of nitrogens with zero attached hydrogens (tertiary/aromatic N) is 2. The van der Waals surface area contributed by atoms with Crippen LogP contribution in [0.1, 0.15) is 31.9 Å². The number of carbonyl (C=O) groups is 2. The van der Waals surface area contributed by atoms with Gasteiger partial charge in [-0.1, -0.05) is 26.0 Å². The molecule has 0 radical (unpaired) electrons. The highest BCUT2D eigenvalue weighted by Gasteiger charge is 2.36. The summed E-state index contributed by atoms with van der Waals surface area (Å²) in [5, 5.41) is 23.9. The molecule has 130 valence electrons. The molecule has 2 atom stereocenters. The number of nitro groups is 1. The van der Waals surface area contributed by atoms with Crippen molar-refractivity contribution in [2.75, 3.05) is 13.1 Å². The number of nitro benzene ring substituents is 1. The number of hydrogen-bond acceptors (Lipinski definition) is 5. The minimum absolute atomic E-state index is 0.142. The van der Waals surface area contributed by atoms with Crippen molar-refractivity contribution in [1.82, 2.24) is 10.2 Å². The van der Waals surface area contributed by atoms with Crippen LogP contribution in [0.4, 0.5) is 5.69 Å². The minimum Gasteiger partial charge on any atom is -0.378 e. The highest BCUT2D eigenvalue weighted by molar-refractivity contribution is 5.91. The molecule has 2 N–H and O–H groups in total. The molecular weight excluding hydrogens is 314 g/mol. The maximum Gasteiger partial charge on any atom is 0.269 e. The van der Waals surface area contributed by atoms with Gasteiger partial charge >= 0.3 is 0 Å². The van der Waals surface area contributed by atoms with Gasteiger partial charge in [-0.05, 0) is 17.9 Å². The van der Waals surface area contributed by atoms with Crippen LogP contribution < -0.4 is 5.32 Å². The molecule has 0 saturated carbocycles. The number of rotatable bonds is 5. The van der Waals surface area contributed by atoms with Crippen LogP contribution >= 0.6 is 0 Å². The van der Waals surface area contributed by atoms with E-state index in [2.05, 4.69) is 5.32 Å². The largest absolute Gasteiger partial charge is 0.378 e. The van der Waals surface area contributed by atoms with Crippen molar-refractivity contribution in [2.24, 2.45) is 5.92 Å². The van der Waals surface area contributed by atoms with Crippen LogP contribution in [0.2, 0.25) is 0 Å². The molecule has 0 bridgehead atoms. The molecule has 24 heavy (non-hydrogen) atoms. The summed E-state index contributed by atoms with van der Waals surface area (Å²) in [7, 11) is 0. The van der Waals surface area contributed by atoms with Crippen molar-refractivity contribution in [3.05, 3.63) is 39.9 Å². The van der Waals surface area contributed by atoms with Crippen LogP contribution in [-0.4, -0.2) is 45.9 Å². The Labute approximate surface area is 139 Å². The second kappa shape index (κ2) is 7.39. The standard InChI is InChI=1S/C16H21N3O5/c1-10(2)8-13-15(21)17-6-7-18(13)16(22)14(20)11-4-3-5-12(9-11)19(23)24/h3-5,9-10,13-14,20H,6-8H2,1-2H3,(H,17,21)/t13-,14-/m0/s1. The molecule has 2 rings (SSSR count). The highest BCUT2D eigenvalue weighted by Crippen LogP contribution is 2.24. The average Bonchev–Trinajstić information content (AvgIpc) is 2.55. The Bertz CT molecular complexity index is 646. The molecule has 1 aliphatic rings. The smallest absolute Gasteiger partial charge is 0.269 e. The molecule has 8 nitrogen and oxygen atoms in total. The molecule has 1 saturated heterocycles. The van der Waals surface area contributed by atoms with Gasteiger partial charge in [-0.25, -0.2) is 0 Å². The summed E-state index contributed by atoms with van der Waals surface area (Å²) in [4.78, 5) is 36.3. The molecule has 0 aromatic heterocycles. The first-order valence-electron chi connectivity index (χ1n) is 7.82. The third kappa shape index (κ3) is 3.88. The van der Waals surface area contributed by atoms with Gasteiger partial charge in [0.1, 0.15) is 6.04 Å². The first-order valence-corrected chi connectivity index (χ1v) is 7.82. The first kappa shape index (κ1) is 17.9. The summed E-state index contributed by atoms with van der Waals surface area (Å²) in [5.41, 5.74) is -0.0575. The number of aliphatic hydroxyl groups excluding tert-OH is 1. The van der Waals surface area contributed by atoms with Crippen molar-refractivity contribution in [3.8, 4) is 0 Å². The molecule has 1 fully saturated rings. The van der Waals surface area contributed by atoms with Gasteiger partial charge in [-0.2, -0.15) is 0 Å². The summed E-state index contributed by atoms with van der Waals surface area (Å²) in [6, 6.07) is 4.69. The molecule has 0 unspecified atom stereocenters. The fraction of sp³-hybridized carbons (Fsp3) is 0.500. The normalized spacial score (nSPS) is 19.1. The van der Waals surface area contributed by atoms with E-state index in [1.165, 1.54) is 29.2 Å². The SMILES string of the molecule is CC(C)C[C@H]1C(=O)NCCN1C(=O)[C@@H](O)c1cccc([N+](=O)[O-])c1. The number of amides is 2. The molecule has 1 heterocycles. The van der Waals surface area contributed by atoms with Crippen LogP contribution in [0.15, 0.2) is 24.3 Å². The van der Waals surface area contributed by atoms with E-state index in [1.807, 2.05) is 13.8 Å². The Morgan fingerprint density at radius 1 is 1.50 bits per heavy atom. The van der Waals surface area contributed by atoms with E-state index in [0.29, 0.717) is 19.5 Å². The van der Waals surface area contributed by atoms with Gasteiger partial charge in [0.15, 0.2) is 6.10 Å². The van der Waals surface area contributed by atoms with Gasteiger partial charge in [-0.3, -0.25) is 19.7 Å². The van der Waals surface area contributed by atoms with Crippen molar-refractivity contribution < 1.29 is 19.6 Å². The molecule has 1 aromatic carbocycles. The Hall–Kier alpha value is -2.48. The lowest BCUT2D eigenvalue weighted by molar-refractivity contribution is -0.385. The number of benzene rings is 1. The Balaban J connectivity index is 2.23. The van der Waals surface area contributed by atoms with Crippen LogP contribution in [0.25, 0.3) is 0 Å². The molecular formula is C16H21N3O5.